The average Bonchev–Trinajstić information content (AvgIpc) is 2.42. The Labute approximate surface area is 122 Å². The lowest BCUT2D eigenvalue weighted by Crippen LogP contribution is -2.58. The van der Waals surface area contributed by atoms with Crippen LogP contribution in [0.1, 0.15) is 31.2 Å². The monoisotopic (exact) mass is 302 g/mol. The van der Waals surface area contributed by atoms with E-state index < -0.39 is 24.9 Å². The lowest BCUT2D eigenvalue weighted by atomic mass is 9.81. The summed E-state index contributed by atoms with van der Waals surface area (Å²) in [5.74, 6) is 0.0258. The molecule has 4 unspecified atom stereocenters. The number of likely N-dealkylation sites (tertiary alicyclic amines) is 1. The van der Waals surface area contributed by atoms with Crippen molar-refractivity contribution in [2.24, 2.45) is 5.73 Å². The Morgan fingerprint density at radius 3 is 2.48 bits per heavy atom. The van der Waals surface area contributed by atoms with Gasteiger partial charge in [-0.1, -0.05) is 30.3 Å². The molecule has 0 radical (unpaired) electrons. The van der Waals surface area contributed by atoms with Gasteiger partial charge in [0.05, 0.1) is 6.42 Å². The summed E-state index contributed by atoms with van der Waals surface area (Å²) in [5, 5.41) is 10.1. The van der Waals surface area contributed by atoms with Gasteiger partial charge in [-0.3, -0.25) is 4.90 Å². The van der Waals surface area contributed by atoms with Gasteiger partial charge in [-0.25, -0.2) is 0 Å². The van der Waals surface area contributed by atoms with E-state index in [4.69, 9.17) is 5.73 Å². The number of aliphatic hydroxyl groups is 1. The Bertz CT molecular complexity index is 452. The molecule has 0 amide bonds. The molecular formula is C15H21F3N2O. The Balaban J connectivity index is 2.15. The first-order valence-corrected chi connectivity index (χ1v) is 7.10. The molecule has 1 aliphatic heterocycles. The van der Waals surface area contributed by atoms with E-state index in [0.29, 0.717) is 6.42 Å². The van der Waals surface area contributed by atoms with Gasteiger partial charge in [0.2, 0.25) is 0 Å². The first-order valence-electron chi connectivity index (χ1n) is 7.10. The van der Waals surface area contributed by atoms with E-state index in [2.05, 4.69) is 0 Å². The van der Waals surface area contributed by atoms with Crippen molar-refractivity contribution in [2.75, 3.05) is 6.54 Å². The van der Waals surface area contributed by atoms with Gasteiger partial charge in [0, 0.05) is 24.5 Å². The van der Waals surface area contributed by atoms with E-state index in [1.165, 1.54) is 4.90 Å². The van der Waals surface area contributed by atoms with Crippen molar-refractivity contribution in [1.82, 2.24) is 4.90 Å². The van der Waals surface area contributed by atoms with Crippen molar-refractivity contribution in [1.29, 1.82) is 0 Å². The molecule has 0 aliphatic carbocycles. The first kappa shape index (κ1) is 16.3. The zero-order chi connectivity index (χ0) is 15.6. The molecule has 1 aromatic carbocycles. The highest BCUT2D eigenvalue weighted by molar-refractivity contribution is 5.22. The fraction of sp³-hybridized carbons (Fsp3) is 0.600. The highest BCUT2D eigenvalue weighted by Crippen LogP contribution is 2.35. The maximum atomic E-state index is 12.4. The minimum atomic E-state index is -4.23. The predicted octanol–water partition coefficient (Wildman–Crippen LogP) is 2.46. The first-order chi connectivity index (χ1) is 9.79. The summed E-state index contributed by atoms with van der Waals surface area (Å²) < 4.78 is 37.3. The normalized spacial score (nSPS) is 31.3. The lowest BCUT2D eigenvalue weighted by Gasteiger charge is -2.46. The zero-order valence-corrected chi connectivity index (χ0v) is 11.9. The van der Waals surface area contributed by atoms with Crippen LogP contribution in [0.2, 0.25) is 0 Å². The SMILES string of the molecule is CC1C(c2ccccc2)CC(N)C(O)N1CCC(F)(F)F. The van der Waals surface area contributed by atoms with Crippen LogP contribution in [0.3, 0.4) is 0 Å². The fourth-order valence-corrected chi connectivity index (χ4v) is 3.04. The summed E-state index contributed by atoms with van der Waals surface area (Å²) in [6.07, 6.45) is -5.64. The molecule has 0 aromatic heterocycles. The molecule has 0 saturated carbocycles. The molecule has 1 aromatic rings. The molecule has 3 N–H and O–H groups in total. The summed E-state index contributed by atoms with van der Waals surface area (Å²) in [5.41, 5.74) is 6.97. The van der Waals surface area contributed by atoms with Gasteiger partial charge in [0.15, 0.2) is 0 Å². The van der Waals surface area contributed by atoms with Gasteiger partial charge in [-0.15, -0.1) is 0 Å². The largest absolute Gasteiger partial charge is 0.390 e. The molecule has 0 spiro atoms. The maximum Gasteiger partial charge on any atom is 0.390 e. The van der Waals surface area contributed by atoms with Crippen LogP contribution in [-0.4, -0.2) is 41.0 Å². The number of nitrogens with zero attached hydrogens (tertiary/aromatic N) is 1. The van der Waals surface area contributed by atoms with Crippen LogP contribution >= 0.6 is 0 Å². The van der Waals surface area contributed by atoms with Crippen molar-refractivity contribution in [3.8, 4) is 0 Å². The molecule has 2 rings (SSSR count). The highest BCUT2D eigenvalue weighted by Gasteiger charge is 2.40. The van der Waals surface area contributed by atoms with E-state index in [0.717, 1.165) is 5.56 Å². The van der Waals surface area contributed by atoms with Crippen LogP contribution in [-0.2, 0) is 0 Å². The minimum absolute atomic E-state index is 0.0258. The van der Waals surface area contributed by atoms with Crippen LogP contribution in [0.15, 0.2) is 30.3 Å². The van der Waals surface area contributed by atoms with E-state index >= 15 is 0 Å². The van der Waals surface area contributed by atoms with Gasteiger partial charge in [0.25, 0.3) is 0 Å². The third-order valence-corrected chi connectivity index (χ3v) is 4.24. The number of hydrogen-bond acceptors (Lipinski definition) is 3. The Morgan fingerprint density at radius 1 is 1.29 bits per heavy atom. The van der Waals surface area contributed by atoms with Crippen molar-refractivity contribution < 1.29 is 18.3 Å². The summed E-state index contributed by atoms with van der Waals surface area (Å²) in [4.78, 5) is 1.47. The van der Waals surface area contributed by atoms with Crippen molar-refractivity contribution in [3.63, 3.8) is 0 Å². The van der Waals surface area contributed by atoms with Crippen LogP contribution < -0.4 is 5.73 Å². The summed E-state index contributed by atoms with van der Waals surface area (Å²) >= 11 is 0. The number of halogens is 3. The van der Waals surface area contributed by atoms with Crippen LogP contribution in [0.4, 0.5) is 13.2 Å². The Morgan fingerprint density at radius 2 is 1.90 bits per heavy atom. The minimum Gasteiger partial charge on any atom is -0.377 e. The van der Waals surface area contributed by atoms with E-state index in [9.17, 15) is 18.3 Å². The van der Waals surface area contributed by atoms with Crippen molar-refractivity contribution >= 4 is 0 Å². The summed E-state index contributed by atoms with van der Waals surface area (Å²) in [6, 6.07) is 8.87. The number of alkyl halides is 3. The number of hydrogen-bond donors (Lipinski definition) is 2. The Kier molecular flexibility index (Phi) is 4.91. The number of piperidine rings is 1. The van der Waals surface area contributed by atoms with E-state index in [1.54, 1.807) is 0 Å². The number of nitrogens with two attached hydrogens (primary N) is 1. The molecule has 1 heterocycles. The van der Waals surface area contributed by atoms with Gasteiger partial charge < -0.3 is 10.8 Å². The summed E-state index contributed by atoms with van der Waals surface area (Å²) in [6.45, 7) is 1.62. The zero-order valence-electron chi connectivity index (χ0n) is 11.9. The molecule has 1 fully saturated rings. The number of benzene rings is 1. The van der Waals surface area contributed by atoms with Gasteiger partial charge in [-0.05, 0) is 18.9 Å². The Hall–Kier alpha value is -1.11. The number of aliphatic hydroxyl groups excluding tert-OH is 1. The molecule has 1 saturated heterocycles. The van der Waals surface area contributed by atoms with Gasteiger partial charge in [-0.2, -0.15) is 13.2 Å². The van der Waals surface area contributed by atoms with E-state index in [1.807, 2.05) is 37.3 Å². The topological polar surface area (TPSA) is 49.5 Å². The quantitative estimate of drug-likeness (QED) is 0.902. The third-order valence-electron chi connectivity index (χ3n) is 4.24. The lowest BCUT2D eigenvalue weighted by molar-refractivity contribution is -0.152. The van der Waals surface area contributed by atoms with Crippen molar-refractivity contribution in [2.45, 2.75) is 50.2 Å². The standard InChI is InChI=1S/C15H21F3N2O/c1-10-12(11-5-3-2-4-6-11)9-13(19)14(21)20(10)8-7-15(16,17)18/h2-6,10,12-14,21H,7-9,19H2,1H3. The average molecular weight is 302 g/mol. The second-order valence-corrected chi connectivity index (χ2v) is 5.67. The summed E-state index contributed by atoms with van der Waals surface area (Å²) in [7, 11) is 0. The number of rotatable bonds is 3. The van der Waals surface area contributed by atoms with Gasteiger partial charge >= 0.3 is 6.18 Å². The molecule has 1 aliphatic rings. The van der Waals surface area contributed by atoms with Gasteiger partial charge in [0.1, 0.15) is 6.23 Å². The van der Waals surface area contributed by atoms with E-state index in [-0.39, 0.29) is 18.5 Å². The van der Waals surface area contributed by atoms with Crippen molar-refractivity contribution in [3.05, 3.63) is 35.9 Å². The molecule has 6 heteroatoms. The molecule has 4 atom stereocenters. The second-order valence-electron chi connectivity index (χ2n) is 5.67. The molecular weight excluding hydrogens is 281 g/mol. The third kappa shape index (κ3) is 3.96. The maximum absolute atomic E-state index is 12.4. The smallest absolute Gasteiger partial charge is 0.377 e. The predicted molar refractivity (Wildman–Crippen MR) is 74.6 cm³/mol. The molecule has 118 valence electrons. The van der Waals surface area contributed by atoms with Crippen LogP contribution in [0.25, 0.3) is 0 Å². The molecule has 21 heavy (non-hydrogen) atoms. The fourth-order valence-electron chi connectivity index (χ4n) is 3.04. The molecule has 3 nitrogen and oxygen atoms in total. The highest BCUT2D eigenvalue weighted by atomic mass is 19.4. The van der Waals surface area contributed by atoms with Crippen LogP contribution in [0, 0.1) is 0 Å². The molecule has 0 bridgehead atoms. The van der Waals surface area contributed by atoms with Crippen LogP contribution in [0.5, 0.6) is 0 Å². The second kappa shape index (κ2) is 6.34.